The van der Waals surface area contributed by atoms with E-state index in [0.29, 0.717) is 11.8 Å². The van der Waals surface area contributed by atoms with Gasteiger partial charge in [-0.15, -0.1) is 0 Å². The average Bonchev–Trinajstić information content (AvgIpc) is 3.65. The number of pyridine rings is 1. The van der Waals surface area contributed by atoms with E-state index in [4.69, 9.17) is 14.8 Å². The molecule has 0 bridgehead atoms. The third-order valence-corrected chi connectivity index (χ3v) is 9.24. The van der Waals surface area contributed by atoms with Crippen LogP contribution in [0.15, 0.2) is 115 Å². The van der Waals surface area contributed by atoms with Gasteiger partial charge in [-0.1, -0.05) is 82.3 Å². The summed E-state index contributed by atoms with van der Waals surface area (Å²) in [5.74, 6) is 3.09. The fraction of sp³-hybridized carbons (Fsp3) is 0.220. The van der Waals surface area contributed by atoms with E-state index in [9.17, 15) is 0 Å². The van der Waals surface area contributed by atoms with Crippen molar-refractivity contribution in [2.75, 3.05) is 0 Å². The molecule has 0 aliphatic carbocycles. The maximum atomic E-state index is 6.60. The average molecular weight is 605 g/mol. The molecule has 0 saturated heterocycles. The smallest absolute Gasteiger partial charge is 0.137 e. The van der Waals surface area contributed by atoms with Gasteiger partial charge < -0.3 is 4.74 Å². The van der Waals surface area contributed by atoms with Crippen molar-refractivity contribution in [2.24, 2.45) is 0 Å². The first-order valence-electron chi connectivity index (χ1n) is 16.4. The minimum atomic E-state index is 0.324. The van der Waals surface area contributed by atoms with Crippen LogP contribution in [0.2, 0.25) is 0 Å². The van der Waals surface area contributed by atoms with E-state index in [1.54, 1.807) is 0 Å². The molecule has 0 aliphatic rings. The van der Waals surface area contributed by atoms with E-state index in [0.717, 1.165) is 52.6 Å². The van der Waals surface area contributed by atoms with Crippen LogP contribution < -0.4 is 4.74 Å². The molecule has 0 radical (unpaired) electrons. The first-order chi connectivity index (χ1) is 22.5. The minimum Gasteiger partial charge on any atom is -0.457 e. The van der Waals surface area contributed by atoms with E-state index in [1.807, 2.05) is 18.3 Å². The Hall–Kier alpha value is -5.16. The molecule has 0 saturated carbocycles. The molecule has 2 atom stereocenters. The summed E-state index contributed by atoms with van der Waals surface area (Å²) in [6.07, 6.45) is 3.92. The predicted octanol–water partition coefficient (Wildman–Crippen LogP) is 11.2. The molecule has 3 aromatic heterocycles. The van der Waals surface area contributed by atoms with E-state index in [1.165, 1.54) is 33.2 Å². The Morgan fingerprint density at radius 2 is 1.43 bits per heavy atom. The number of hydrogen-bond acceptors (Lipinski definition) is 3. The lowest BCUT2D eigenvalue weighted by Crippen LogP contribution is -2.06. The molecule has 5 heteroatoms. The van der Waals surface area contributed by atoms with Crippen LogP contribution in [0.1, 0.15) is 69.3 Å². The molecule has 7 aromatic rings. The van der Waals surface area contributed by atoms with Crippen LogP contribution in [0.25, 0.3) is 44.4 Å². The zero-order chi connectivity index (χ0) is 31.8. The van der Waals surface area contributed by atoms with Gasteiger partial charge >= 0.3 is 0 Å². The predicted molar refractivity (Wildman–Crippen MR) is 190 cm³/mol. The Labute approximate surface area is 271 Å². The Morgan fingerprint density at radius 3 is 2.22 bits per heavy atom. The van der Waals surface area contributed by atoms with Gasteiger partial charge in [-0.25, -0.2) is 9.67 Å². The number of para-hydroxylation sites is 1. The zero-order valence-corrected chi connectivity index (χ0v) is 27.2. The lowest BCUT2D eigenvalue weighted by Gasteiger charge is -2.17. The van der Waals surface area contributed by atoms with Crippen LogP contribution in [-0.4, -0.2) is 19.3 Å². The molecular weight excluding hydrogens is 564 g/mol. The monoisotopic (exact) mass is 604 g/mol. The highest BCUT2D eigenvalue weighted by atomic mass is 16.5. The molecule has 0 spiro atoms. The van der Waals surface area contributed by atoms with Crippen molar-refractivity contribution < 1.29 is 4.74 Å². The van der Waals surface area contributed by atoms with Crippen LogP contribution in [0.3, 0.4) is 0 Å². The molecule has 0 fully saturated rings. The lowest BCUT2D eigenvalue weighted by atomic mass is 9.90. The lowest BCUT2D eigenvalue weighted by molar-refractivity contribution is 0.482. The summed E-state index contributed by atoms with van der Waals surface area (Å²) in [4.78, 5) is 4.73. The van der Waals surface area contributed by atoms with Crippen LogP contribution in [0.4, 0.5) is 0 Å². The van der Waals surface area contributed by atoms with Crippen molar-refractivity contribution in [3.8, 4) is 34.1 Å². The van der Waals surface area contributed by atoms with Gasteiger partial charge in [-0.3, -0.25) is 4.57 Å². The Bertz CT molecular complexity index is 2160. The quantitative estimate of drug-likeness (QED) is 0.165. The number of aryl methyl sites for hydroxylation is 1. The molecule has 230 valence electrons. The highest BCUT2D eigenvalue weighted by Crippen LogP contribution is 2.40. The summed E-state index contributed by atoms with van der Waals surface area (Å²) < 4.78 is 11.0. The number of rotatable bonds is 9. The van der Waals surface area contributed by atoms with E-state index >= 15 is 0 Å². The van der Waals surface area contributed by atoms with Crippen LogP contribution in [0.5, 0.6) is 11.5 Å². The second-order valence-electron chi connectivity index (χ2n) is 12.4. The Morgan fingerprint density at radius 1 is 0.696 bits per heavy atom. The summed E-state index contributed by atoms with van der Waals surface area (Å²) in [5, 5.41) is 7.67. The van der Waals surface area contributed by atoms with E-state index in [-0.39, 0.29) is 0 Å². The maximum Gasteiger partial charge on any atom is 0.137 e. The minimum absolute atomic E-state index is 0.324. The van der Waals surface area contributed by atoms with Gasteiger partial charge in [0.25, 0.3) is 0 Å². The summed E-state index contributed by atoms with van der Waals surface area (Å²) in [6, 6.07) is 38.0. The topological polar surface area (TPSA) is 44.9 Å². The summed E-state index contributed by atoms with van der Waals surface area (Å²) in [7, 11) is 0. The maximum absolute atomic E-state index is 6.60. The molecule has 7 rings (SSSR count). The van der Waals surface area contributed by atoms with Crippen LogP contribution in [0, 0.1) is 6.92 Å². The van der Waals surface area contributed by atoms with E-state index in [2.05, 4.69) is 141 Å². The Balaban J connectivity index is 1.33. The van der Waals surface area contributed by atoms with Crippen molar-refractivity contribution in [1.82, 2.24) is 19.3 Å². The van der Waals surface area contributed by atoms with Gasteiger partial charge in [-0.2, -0.15) is 5.10 Å². The number of aromatic nitrogens is 4. The van der Waals surface area contributed by atoms with Gasteiger partial charge in [0.2, 0.25) is 0 Å². The summed E-state index contributed by atoms with van der Waals surface area (Å²) in [6.45, 7) is 11.2. The number of nitrogens with zero attached hydrogens (tertiary/aromatic N) is 4. The standard InChI is InChI=1S/C41H40N4O/c1-6-28(4)40-39(30-14-9-8-10-15-30)41(29(5)7-2)45(43-40)31-16-13-17-32(25-31)46-33-20-21-35-34-18-11-12-19-36(34)44(37(35)26-33)38-24-27(3)22-23-42-38/h8-26,28-29H,6-7H2,1-5H3. The molecular formula is C41H40N4O. The second kappa shape index (κ2) is 12.3. The first kappa shape index (κ1) is 29.5. The zero-order valence-electron chi connectivity index (χ0n) is 27.2. The molecule has 0 amide bonds. The second-order valence-corrected chi connectivity index (χ2v) is 12.4. The summed E-state index contributed by atoms with van der Waals surface area (Å²) in [5.41, 5.74) is 9.23. The normalized spacial score (nSPS) is 12.9. The number of benzene rings is 4. The van der Waals surface area contributed by atoms with Crippen molar-refractivity contribution in [2.45, 2.75) is 59.3 Å². The van der Waals surface area contributed by atoms with Gasteiger partial charge in [0.1, 0.15) is 17.3 Å². The molecule has 4 aromatic carbocycles. The number of fused-ring (bicyclic) bond motifs is 3. The number of ether oxygens (including phenoxy) is 1. The van der Waals surface area contributed by atoms with Crippen molar-refractivity contribution in [3.63, 3.8) is 0 Å². The van der Waals surface area contributed by atoms with Gasteiger partial charge in [0, 0.05) is 40.6 Å². The summed E-state index contributed by atoms with van der Waals surface area (Å²) >= 11 is 0. The SMILES string of the molecule is CCC(C)c1nn(-c2cccc(Oc3ccc4c5ccccc5n(-c5cc(C)ccn5)c4c3)c2)c(C(C)CC)c1-c1ccccc1. The largest absolute Gasteiger partial charge is 0.457 e. The van der Waals surface area contributed by atoms with Crippen molar-refractivity contribution >= 4 is 21.8 Å². The number of hydrogen-bond donors (Lipinski definition) is 0. The molecule has 0 N–H and O–H groups in total. The third-order valence-electron chi connectivity index (χ3n) is 9.24. The van der Waals surface area contributed by atoms with Crippen molar-refractivity contribution in [3.05, 3.63) is 132 Å². The van der Waals surface area contributed by atoms with Gasteiger partial charge in [-0.05, 0) is 79.3 Å². The van der Waals surface area contributed by atoms with Crippen LogP contribution >= 0.6 is 0 Å². The molecule has 5 nitrogen and oxygen atoms in total. The van der Waals surface area contributed by atoms with E-state index < -0.39 is 0 Å². The van der Waals surface area contributed by atoms with Crippen molar-refractivity contribution in [1.29, 1.82) is 0 Å². The van der Waals surface area contributed by atoms with Crippen LogP contribution in [-0.2, 0) is 0 Å². The third kappa shape index (κ3) is 5.26. The molecule has 0 aliphatic heterocycles. The Kier molecular flexibility index (Phi) is 7.91. The molecule has 2 unspecified atom stereocenters. The first-order valence-corrected chi connectivity index (χ1v) is 16.4. The molecule has 46 heavy (non-hydrogen) atoms. The van der Waals surface area contributed by atoms with Gasteiger partial charge in [0.15, 0.2) is 0 Å². The highest BCUT2D eigenvalue weighted by molar-refractivity contribution is 6.09. The highest BCUT2D eigenvalue weighted by Gasteiger charge is 2.26. The fourth-order valence-corrected chi connectivity index (χ4v) is 6.45. The fourth-order valence-electron chi connectivity index (χ4n) is 6.45. The van der Waals surface area contributed by atoms with Gasteiger partial charge in [0.05, 0.1) is 28.1 Å². The molecule has 3 heterocycles.